The van der Waals surface area contributed by atoms with Crippen LogP contribution < -0.4 is 19.5 Å². The van der Waals surface area contributed by atoms with E-state index in [0.29, 0.717) is 11.4 Å². The molecule has 1 saturated heterocycles. The first-order valence-electron chi connectivity index (χ1n) is 9.90. The highest BCUT2D eigenvalue weighted by Gasteiger charge is 2.27. The first-order chi connectivity index (χ1) is 14.5. The number of fused-ring (bicyclic) bond motifs is 1. The molecule has 1 amide bonds. The number of likely N-dealkylation sites (tertiary alicyclic amines) is 1. The molecule has 0 aromatic heterocycles. The average Bonchev–Trinajstić information content (AvgIpc) is 3.28. The van der Waals surface area contributed by atoms with Gasteiger partial charge in [-0.1, -0.05) is 12.1 Å². The predicted octanol–water partition coefficient (Wildman–Crippen LogP) is 2.14. The Balaban J connectivity index is 1.55. The Labute approximate surface area is 176 Å². The molecule has 0 aliphatic carbocycles. The van der Waals surface area contributed by atoms with E-state index in [1.54, 1.807) is 13.2 Å². The molecule has 4 rings (SSSR count). The lowest BCUT2D eigenvalue weighted by Crippen LogP contribution is -2.37. The Morgan fingerprint density at radius 1 is 1.20 bits per heavy atom. The number of amides is 1. The highest BCUT2D eigenvalue weighted by atomic mass is 32.2. The molecular weight excluding hydrogens is 406 g/mol. The maximum Gasteiger partial charge on any atom is 0.262 e. The number of carbonyl (C=O) groups is 1. The van der Waals surface area contributed by atoms with Crippen molar-refractivity contribution < 1.29 is 22.7 Å². The van der Waals surface area contributed by atoms with E-state index in [0.717, 1.165) is 37.2 Å². The number of benzene rings is 2. The number of rotatable bonds is 7. The fraction of sp³-hybridized carbons (Fsp3) is 0.381. The van der Waals surface area contributed by atoms with Gasteiger partial charge in [-0.05, 0) is 61.8 Å². The quantitative estimate of drug-likeness (QED) is 0.697. The average molecular weight is 432 g/mol. The summed E-state index contributed by atoms with van der Waals surface area (Å²) in [6, 6.07) is 12.1. The molecule has 2 heterocycles. The number of nitrogens with zero attached hydrogens (tertiary/aromatic N) is 1. The third-order valence-electron chi connectivity index (χ3n) is 5.42. The summed E-state index contributed by atoms with van der Waals surface area (Å²) in [5, 5.41) is 2.64. The Morgan fingerprint density at radius 2 is 2.00 bits per heavy atom. The maximum atomic E-state index is 13.0. The normalized spacial score (nSPS) is 17.7. The van der Waals surface area contributed by atoms with Crippen LogP contribution in [-0.2, 0) is 14.8 Å². The lowest BCUT2D eigenvalue weighted by atomic mass is 10.1. The lowest BCUT2D eigenvalue weighted by Gasteiger charge is -2.28. The third kappa shape index (κ3) is 4.43. The first-order valence-corrected chi connectivity index (χ1v) is 11.4. The second-order valence-electron chi connectivity index (χ2n) is 7.38. The Kier molecular flexibility index (Phi) is 5.94. The number of sulfonamides is 1. The predicted molar refractivity (Wildman–Crippen MR) is 112 cm³/mol. The number of nitrogens with one attached hydrogen (secondary N) is 2. The van der Waals surface area contributed by atoms with E-state index in [1.165, 1.54) is 12.1 Å². The van der Waals surface area contributed by atoms with Gasteiger partial charge in [-0.3, -0.25) is 9.69 Å². The van der Waals surface area contributed by atoms with Gasteiger partial charge in [0, 0.05) is 12.6 Å². The standard InChI is InChI=1S/C21H25N3O5S/c1-28-16-6-4-5-15(11-16)19(24-9-2-3-10-24)13-22-30(26,27)17-7-8-20-18(12-17)23-21(25)14-29-20/h4-8,11-12,19,22H,2-3,9-10,13-14H2,1H3,(H,23,25). The minimum atomic E-state index is -3.77. The van der Waals surface area contributed by atoms with Gasteiger partial charge in [-0.15, -0.1) is 0 Å². The Hall–Kier alpha value is -2.62. The van der Waals surface area contributed by atoms with Crippen molar-refractivity contribution in [1.82, 2.24) is 9.62 Å². The van der Waals surface area contributed by atoms with E-state index in [9.17, 15) is 13.2 Å². The van der Waals surface area contributed by atoms with Crippen LogP contribution in [0.15, 0.2) is 47.4 Å². The van der Waals surface area contributed by atoms with Crippen molar-refractivity contribution in [1.29, 1.82) is 0 Å². The van der Waals surface area contributed by atoms with Crippen molar-refractivity contribution in [3.05, 3.63) is 48.0 Å². The second kappa shape index (κ2) is 8.63. The zero-order valence-corrected chi connectivity index (χ0v) is 17.6. The molecule has 9 heteroatoms. The van der Waals surface area contributed by atoms with Crippen molar-refractivity contribution in [3.8, 4) is 11.5 Å². The van der Waals surface area contributed by atoms with Gasteiger partial charge in [0.05, 0.1) is 17.7 Å². The third-order valence-corrected chi connectivity index (χ3v) is 6.84. The molecule has 2 N–H and O–H groups in total. The van der Waals surface area contributed by atoms with Gasteiger partial charge in [0.2, 0.25) is 10.0 Å². The number of methoxy groups -OCH3 is 1. The molecule has 30 heavy (non-hydrogen) atoms. The van der Waals surface area contributed by atoms with E-state index < -0.39 is 10.0 Å². The topological polar surface area (TPSA) is 97.0 Å². The van der Waals surface area contributed by atoms with Gasteiger partial charge in [0.25, 0.3) is 5.91 Å². The van der Waals surface area contributed by atoms with Crippen molar-refractivity contribution >= 4 is 21.6 Å². The van der Waals surface area contributed by atoms with Crippen molar-refractivity contribution in [2.75, 3.05) is 38.7 Å². The van der Waals surface area contributed by atoms with E-state index in [-0.39, 0.29) is 30.0 Å². The number of anilines is 1. The summed E-state index contributed by atoms with van der Waals surface area (Å²) in [4.78, 5) is 13.9. The van der Waals surface area contributed by atoms with Crippen molar-refractivity contribution in [3.63, 3.8) is 0 Å². The number of hydrogen-bond donors (Lipinski definition) is 2. The summed E-state index contributed by atoms with van der Waals surface area (Å²) in [6.45, 7) is 2.00. The maximum absolute atomic E-state index is 13.0. The highest BCUT2D eigenvalue weighted by Crippen LogP contribution is 2.31. The smallest absolute Gasteiger partial charge is 0.262 e. The van der Waals surface area contributed by atoms with Crippen molar-refractivity contribution in [2.45, 2.75) is 23.8 Å². The largest absolute Gasteiger partial charge is 0.497 e. The molecule has 0 spiro atoms. The Morgan fingerprint density at radius 3 is 2.77 bits per heavy atom. The molecule has 2 aliphatic heterocycles. The van der Waals surface area contributed by atoms with Gasteiger partial charge in [0.1, 0.15) is 11.5 Å². The van der Waals surface area contributed by atoms with Gasteiger partial charge in [-0.2, -0.15) is 0 Å². The van der Waals surface area contributed by atoms with E-state index in [4.69, 9.17) is 9.47 Å². The van der Waals surface area contributed by atoms with E-state index in [1.807, 2.05) is 24.3 Å². The fourth-order valence-corrected chi connectivity index (χ4v) is 4.93. The molecule has 1 unspecified atom stereocenters. The molecule has 160 valence electrons. The van der Waals surface area contributed by atoms with Crippen LogP contribution >= 0.6 is 0 Å². The minimum absolute atomic E-state index is 0.0740. The summed E-state index contributed by atoms with van der Waals surface area (Å²) in [7, 11) is -2.16. The molecular formula is C21H25N3O5S. The summed E-state index contributed by atoms with van der Waals surface area (Å²) in [5.74, 6) is 0.891. The first kappa shape index (κ1) is 20.6. The van der Waals surface area contributed by atoms with Crippen LogP contribution in [0.25, 0.3) is 0 Å². The van der Waals surface area contributed by atoms with Gasteiger partial charge >= 0.3 is 0 Å². The zero-order valence-electron chi connectivity index (χ0n) is 16.8. The van der Waals surface area contributed by atoms with Crippen LogP contribution in [0, 0.1) is 0 Å². The highest BCUT2D eigenvalue weighted by molar-refractivity contribution is 7.89. The molecule has 0 bridgehead atoms. The van der Waals surface area contributed by atoms with Crippen LogP contribution in [0.5, 0.6) is 11.5 Å². The SMILES string of the molecule is COc1cccc(C(CNS(=O)(=O)c2ccc3c(c2)NC(=O)CO3)N2CCCC2)c1. The number of hydrogen-bond acceptors (Lipinski definition) is 6. The Bertz CT molecular complexity index is 1030. The monoisotopic (exact) mass is 431 g/mol. The van der Waals surface area contributed by atoms with E-state index >= 15 is 0 Å². The summed E-state index contributed by atoms with van der Waals surface area (Å²) in [5.41, 5.74) is 1.36. The second-order valence-corrected chi connectivity index (χ2v) is 9.15. The number of carbonyl (C=O) groups excluding carboxylic acids is 1. The molecule has 0 saturated carbocycles. The van der Waals surface area contributed by atoms with Crippen LogP contribution in [0.1, 0.15) is 24.4 Å². The van der Waals surface area contributed by atoms with Gasteiger partial charge in [-0.25, -0.2) is 13.1 Å². The van der Waals surface area contributed by atoms with Crippen LogP contribution in [-0.4, -0.2) is 52.6 Å². The lowest BCUT2D eigenvalue weighted by molar-refractivity contribution is -0.118. The van der Waals surface area contributed by atoms with Gasteiger partial charge < -0.3 is 14.8 Å². The van der Waals surface area contributed by atoms with E-state index in [2.05, 4.69) is 14.9 Å². The molecule has 2 aliphatic rings. The summed E-state index contributed by atoms with van der Waals surface area (Å²) < 4.78 is 39.3. The van der Waals surface area contributed by atoms with Crippen LogP contribution in [0.4, 0.5) is 5.69 Å². The summed E-state index contributed by atoms with van der Waals surface area (Å²) >= 11 is 0. The molecule has 8 nitrogen and oxygen atoms in total. The number of ether oxygens (including phenoxy) is 2. The summed E-state index contributed by atoms with van der Waals surface area (Å²) in [6.07, 6.45) is 2.19. The van der Waals surface area contributed by atoms with Crippen LogP contribution in [0.2, 0.25) is 0 Å². The molecule has 2 aromatic carbocycles. The molecule has 2 aromatic rings. The minimum Gasteiger partial charge on any atom is -0.497 e. The van der Waals surface area contributed by atoms with Crippen LogP contribution in [0.3, 0.4) is 0 Å². The molecule has 1 atom stereocenters. The molecule has 1 fully saturated rings. The molecule has 0 radical (unpaired) electrons. The zero-order chi connectivity index (χ0) is 21.1. The fourth-order valence-electron chi connectivity index (χ4n) is 3.86. The van der Waals surface area contributed by atoms with Gasteiger partial charge in [0.15, 0.2) is 6.61 Å². The van der Waals surface area contributed by atoms with Crippen molar-refractivity contribution in [2.24, 2.45) is 0 Å².